The molecule has 10 heteroatoms. The zero-order chi connectivity index (χ0) is 20.8. The number of nitrogens with zero attached hydrogens (tertiary/aromatic N) is 3. The molecule has 6 nitrogen and oxygen atoms in total. The highest BCUT2D eigenvalue weighted by Crippen LogP contribution is 2.41. The van der Waals surface area contributed by atoms with Crippen molar-refractivity contribution in [1.82, 2.24) is 10.1 Å². The van der Waals surface area contributed by atoms with E-state index in [1.54, 1.807) is 4.90 Å². The van der Waals surface area contributed by atoms with Crippen LogP contribution in [0.4, 0.5) is 19.0 Å². The van der Waals surface area contributed by atoms with Gasteiger partial charge in [0.05, 0.1) is 27.2 Å². The fourth-order valence-corrected chi connectivity index (χ4v) is 3.98. The molecular weight excluding hydrogens is 411 g/mol. The number of fused-ring (bicyclic) bond motifs is 1. The first-order valence-electron chi connectivity index (χ1n) is 8.85. The van der Waals surface area contributed by atoms with E-state index < -0.39 is 17.7 Å². The van der Waals surface area contributed by atoms with Crippen molar-refractivity contribution in [1.29, 1.82) is 0 Å². The van der Waals surface area contributed by atoms with Crippen LogP contribution in [0.3, 0.4) is 0 Å². The number of pyridine rings is 1. The smallest absolute Gasteiger partial charge is 0.417 e. The Hall–Kier alpha value is -2.81. The summed E-state index contributed by atoms with van der Waals surface area (Å²) in [5, 5.41) is 13.1. The second-order valence-corrected chi connectivity index (χ2v) is 7.25. The fraction of sp³-hybridized carbons (Fsp3) is 0.316. The summed E-state index contributed by atoms with van der Waals surface area (Å²) in [6.07, 6.45) is -2.08. The summed E-state index contributed by atoms with van der Waals surface area (Å²) < 4.78 is 45.3. The number of piperidine rings is 1. The van der Waals surface area contributed by atoms with E-state index in [0.717, 1.165) is 6.07 Å². The molecule has 3 heterocycles. The number of carboxylic acids is 1. The Bertz CT molecular complexity index is 1080. The number of anilines is 1. The molecule has 0 spiro atoms. The summed E-state index contributed by atoms with van der Waals surface area (Å²) in [5.74, 6) is -0.965. The lowest BCUT2D eigenvalue weighted by atomic mass is 9.92. The van der Waals surface area contributed by atoms with E-state index >= 15 is 0 Å². The van der Waals surface area contributed by atoms with Gasteiger partial charge in [0.25, 0.3) is 0 Å². The van der Waals surface area contributed by atoms with Gasteiger partial charge in [-0.05, 0) is 31.0 Å². The Morgan fingerprint density at radius 2 is 2.00 bits per heavy atom. The van der Waals surface area contributed by atoms with E-state index in [0.29, 0.717) is 31.6 Å². The Labute approximate surface area is 167 Å². The molecule has 29 heavy (non-hydrogen) atoms. The Morgan fingerprint density at radius 3 is 2.62 bits per heavy atom. The van der Waals surface area contributed by atoms with Crippen LogP contribution in [0.1, 0.15) is 40.4 Å². The number of alkyl halides is 3. The van der Waals surface area contributed by atoms with Gasteiger partial charge >= 0.3 is 12.1 Å². The minimum atomic E-state index is -4.51. The zero-order valence-electron chi connectivity index (χ0n) is 14.9. The summed E-state index contributed by atoms with van der Waals surface area (Å²) in [5.41, 5.74) is -0.0875. The molecular formula is C19H15ClF3N3O3. The van der Waals surface area contributed by atoms with E-state index in [1.165, 1.54) is 24.4 Å². The molecule has 1 fully saturated rings. The fourth-order valence-electron chi connectivity index (χ4n) is 3.66. The molecule has 1 aromatic carbocycles. The van der Waals surface area contributed by atoms with Crippen molar-refractivity contribution in [2.75, 3.05) is 18.0 Å². The van der Waals surface area contributed by atoms with Crippen LogP contribution in [0.5, 0.6) is 0 Å². The van der Waals surface area contributed by atoms with Gasteiger partial charge in [-0.25, -0.2) is 4.79 Å². The number of aromatic nitrogens is 2. The quantitative estimate of drug-likeness (QED) is 0.637. The molecule has 3 aromatic rings. The van der Waals surface area contributed by atoms with E-state index in [1.807, 2.05) is 0 Å². The molecule has 0 radical (unpaired) electrons. The van der Waals surface area contributed by atoms with Gasteiger partial charge in [-0.15, -0.1) is 0 Å². The summed E-state index contributed by atoms with van der Waals surface area (Å²) in [7, 11) is 0. The van der Waals surface area contributed by atoms with Crippen LogP contribution in [0.15, 0.2) is 35.0 Å². The van der Waals surface area contributed by atoms with E-state index in [-0.39, 0.29) is 33.3 Å². The third-order valence-electron chi connectivity index (χ3n) is 5.08. The Balaban J connectivity index is 1.57. The highest BCUT2D eigenvalue weighted by molar-refractivity contribution is 6.31. The number of aromatic carboxylic acids is 1. The van der Waals surface area contributed by atoms with Crippen LogP contribution in [-0.2, 0) is 6.18 Å². The van der Waals surface area contributed by atoms with Crippen molar-refractivity contribution in [2.24, 2.45) is 0 Å². The molecule has 1 N–H and O–H groups in total. The van der Waals surface area contributed by atoms with Crippen molar-refractivity contribution in [3.05, 3.63) is 52.3 Å². The van der Waals surface area contributed by atoms with Gasteiger partial charge in [0, 0.05) is 25.2 Å². The van der Waals surface area contributed by atoms with Crippen molar-refractivity contribution in [2.45, 2.75) is 24.9 Å². The van der Waals surface area contributed by atoms with Gasteiger partial charge in [0.15, 0.2) is 11.4 Å². The van der Waals surface area contributed by atoms with Crippen LogP contribution >= 0.6 is 11.6 Å². The summed E-state index contributed by atoms with van der Waals surface area (Å²) in [4.78, 5) is 17.0. The molecule has 0 bridgehead atoms. The predicted octanol–water partition coefficient (Wildman–Crippen LogP) is 4.98. The van der Waals surface area contributed by atoms with Gasteiger partial charge in [-0.3, -0.25) is 4.98 Å². The van der Waals surface area contributed by atoms with Crippen LogP contribution < -0.4 is 4.90 Å². The third kappa shape index (κ3) is 3.62. The van der Waals surface area contributed by atoms with E-state index in [2.05, 4.69) is 10.1 Å². The average Bonchev–Trinajstić information content (AvgIpc) is 3.11. The van der Waals surface area contributed by atoms with Gasteiger partial charge in [-0.1, -0.05) is 22.8 Å². The molecule has 1 aliphatic rings. The molecule has 0 saturated carbocycles. The maximum atomic E-state index is 13.4. The molecule has 0 aliphatic carbocycles. The minimum absolute atomic E-state index is 0.00457. The van der Waals surface area contributed by atoms with Crippen molar-refractivity contribution < 1.29 is 27.6 Å². The van der Waals surface area contributed by atoms with Crippen molar-refractivity contribution in [3.63, 3.8) is 0 Å². The molecule has 1 aliphatic heterocycles. The maximum absolute atomic E-state index is 13.4. The first-order valence-corrected chi connectivity index (χ1v) is 9.23. The molecule has 4 rings (SSSR count). The Morgan fingerprint density at radius 1 is 1.28 bits per heavy atom. The average molecular weight is 426 g/mol. The summed E-state index contributed by atoms with van der Waals surface area (Å²) in [6, 6.07) is 5.13. The van der Waals surface area contributed by atoms with Crippen LogP contribution in [-0.4, -0.2) is 34.3 Å². The van der Waals surface area contributed by atoms with E-state index in [9.17, 15) is 18.0 Å². The molecule has 152 valence electrons. The number of carbonyl (C=O) groups is 1. The van der Waals surface area contributed by atoms with Crippen LogP contribution in [0.25, 0.3) is 11.0 Å². The maximum Gasteiger partial charge on any atom is 0.417 e. The number of hydrogen-bond donors (Lipinski definition) is 1. The molecule has 0 atom stereocenters. The van der Waals surface area contributed by atoms with Gasteiger partial charge in [0.1, 0.15) is 0 Å². The first kappa shape index (κ1) is 19.5. The third-order valence-corrected chi connectivity index (χ3v) is 5.39. The summed E-state index contributed by atoms with van der Waals surface area (Å²) >= 11 is 6.20. The Kier molecular flexibility index (Phi) is 4.85. The zero-order valence-corrected chi connectivity index (χ0v) is 15.7. The predicted molar refractivity (Wildman–Crippen MR) is 99.4 cm³/mol. The molecule has 1 saturated heterocycles. The molecule has 0 amide bonds. The van der Waals surface area contributed by atoms with Crippen molar-refractivity contribution in [3.8, 4) is 0 Å². The molecule has 0 unspecified atom stereocenters. The minimum Gasteiger partial charge on any atom is -0.478 e. The second kappa shape index (κ2) is 7.22. The SMILES string of the molecule is O=C(O)c1cnc(C2CCN(c3noc4cccc(C(F)(F)F)c34)CC2)c(Cl)c1. The largest absolute Gasteiger partial charge is 0.478 e. The van der Waals surface area contributed by atoms with Crippen LogP contribution in [0, 0.1) is 0 Å². The van der Waals surface area contributed by atoms with E-state index in [4.69, 9.17) is 21.2 Å². The second-order valence-electron chi connectivity index (χ2n) is 6.84. The lowest BCUT2D eigenvalue weighted by Crippen LogP contribution is -2.33. The number of rotatable bonds is 3. The summed E-state index contributed by atoms with van der Waals surface area (Å²) in [6.45, 7) is 0.883. The lowest BCUT2D eigenvalue weighted by molar-refractivity contribution is -0.136. The van der Waals surface area contributed by atoms with Gasteiger partial charge in [0.2, 0.25) is 0 Å². The number of hydrogen-bond acceptors (Lipinski definition) is 5. The first-order chi connectivity index (χ1) is 13.8. The van der Waals surface area contributed by atoms with Gasteiger partial charge < -0.3 is 14.5 Å². The number of halogens is 4. The standard InChI is InChI=1S/C19H15ClF3N3O3/c20-13-8-11(18(27)28)9-24-16(13)10-4-6-26(7-5-10)17-15-12(19(21,22)23)2-1-3-14(15)29-25-17/h1-3,8-10H,4-7H2,(H,27,28). The molecule has 2 aromatic heterocycles. The van der Waals surface area contributed by atoms with Crippen molar-refractivity contribution >= 4 is 34.4 Å². The van der Waals surface area contributed by atoms with Gasteiger partial charge in [-0.2, -0.15) is 13.2 Å². The monoisotopic (exact) mass is 425 g/mol. The normalized spacial score (nSPS) is 15.8. The highest BCUT2D eigenvalue weighted by atomic mass is 35.5. The van der Waals surface area contributed by atoms with Crippen LogP contribution in [0.2, 0.25) is 5.02 Å². The lowest BCUT2D eigenvalue weighted by Gasteiger charge is -2.32. The topological polar surface area (TPSA) is 79.5 Å². The highest BCUT2D eigenvalue weighted by Gasteiger charge is 2.36. The number of carboxylic acid groups (broad SMARTS) is 1. The number of benzene rings is 1.